The lowest BCUT2D eigenvalue weighted by atomic mass is 9.94. The zero-order valence-electron chi connectivity index (χ0n) is 22.2. The lowest BCUT2D eigenvalue weighted by Crippen LogP contribution is -2.38. The highest BCUT2D eigenvalue weighted by Crippen LogP contribution is 2.40. The number of benzene rings is 3. The van der Waals surface area contributed by atoms with Crippen LogP contribution in [-0.4, -0.2) is 37.9 Å². The van der Waals surface area contributed by atoms with Gasteiger partial charge in [0.2, 0.25) is 5.91 Å². The molecule has 3 aromatic rings. The maximum absolute atomic E-state index is 14.0. The first-order chi connectivity index (χ1) is 18.1. The fraction of sp³-hybridized carbons (Fsp3) is 0.300. The third-order valence-electron chi connectivity index (χ3n) is 6.76. The summed E-state index contributed by atoms with van der Waals surface area (Å²) in [4.78, 5) is 41.7. The van der Waals surface area contributed by atoms with Gasteiger partial charge in [-0.2, -0.15) is 0 Å². The molecule has 0 bridgehead atoms. The van der Waals surface area contributed by atoms with Crippen LogP contribution in [0.15, 0.2) is 66.7 Å². The van der Waals surface area contributed by atoms with Gasteiger partial charge in [-0.1, -0.05) is 49.7 Å². The summed E-state index contributed by atoms with van der Waals surface area (Å²) in [7, 11) is 1.55. The maximum Gasteiger partial charge on any atom is 0.259 e. The van der Waals surface area contributed by atoms with Crippen molar-refractivity contribution in [3.8, 4) is 5.75 Å². The third kappa shape index (κ3) is 5.86. The number of aryl methyl sites for hydroxylation is 1. The number of carbonyl (C=O) groups excluding carboxylic acids is 3. The van der Waals surface area contributed by atoms with E-state index in [0.717, 1.165) is 11.1 Å². The molecular weight excluding hydrogens is 480 g/mol. The van der Waals surface area contributed by atoms with Crippen molar-refractivity contribution >= 4 is 29.1 Å². The molecule has 4 N–H and O–H groups in total. The fourth-order valence-electron chi connectivity index (χ4n) is 4.32. The quantitative estimate of drug-likeness (QED) is 0.431. The molecule has 0 spiro atoms. The number of hydrogen-bond donors (Lipinski definition) is 3. The molecule has 1 unspecified atom stereocenters. The van der Waals surface area contributed by atoms with Gasteiger partial charge in [-0.05, 0) is 60.8 Å². The molecule has 1 aliphatic heterocycles. The van der Waals surface area contributed by atoms with Gasteiger partial charge in [-0.25, -0.2) is 0 Å². The van der Waals surface area contributed by atoms with E-state index in [1.807, 2.05) is 45.0 Å². The Bertz CT molecular complexity index is 1350. The minimum absolute atomic E-state index is 0.0552. The average molecular weight is 515 g/mol. The predicted molar refractivity (Wildman–Crippen MR) is 149 cm³/mol. The van der Waals surface area contributed by atoms with Crippen LogP contribution in [0.4, 0.5) is 11.4 Å². The molecule has 1 aliphatic rings. The first-order valence-corrected chi connectivity index (χ1v) is 12.6. The van der Waals surface area contributed by atoms with Crippen LogP contribution in [0.5, 0.6) is 5.75 Å². The molecule has 198 valence electrons. The summed E-state index contributed by atoms with van der Waals surface area (Å²) in [6, 6.07) is 19.2. The molecule has 0 aromatic heterocycles. The Morgan fingerprint density at radius 1 is 1.08 bits per heavy atom. The van der Waals surface area contributed by atoms with E-state index in [2.05, 4.69) is 10.6 Å². The molecule has 0 radical (unpaired) electrons. The van der Waals surface area contributed by atoms with Crippen molar-refractivity contribution in [3.63, 3.8) is 0 Å². The molecule has 0 aliphatic carbocycles. The molecule has 0 saturated heterocycles. The SMILES string of the molecule is COc1cccc(C(=O)N2c3ccc(C(=O)NCC(C)(C)CN)cc3NC(=O)CC2c2ccc(C)cc2)c1. The topological polar surface area (TPSA) is 114 Å². The zero-order chi connectivity index (χ0) is 27.4. The van der Waals surface area contributed by atoms with E-state index >= 15 is 0 Å². The number of anilines is 2. The molecule has 3 amide bonds. The van der Waals surface area contributed by atoms with Gasteiger partial charge in [0.15, 0.2) is 0 Å². The van der Waals surface area contributed by atoms with Crippen molar-refractivity contribution in [3.05, 3.63) is 89.0 Å². The molecule has 4 rings (SSSR count). The Kier molecular flexibility index (Phi) is 7.83. The van der Waals surface area contributed by atoms with Gasteiger partial charge in [0, 0.05) is 17.7 Å². The summed E-state index contributed by atoms with van der Waals surface area (Å²) in [5.41, 5.74) is 9.15. The highest BCUT2D eigenvalue weighted by Gasteiger charge is 2.34. The van der Waals surface area contributed by atoms with Crippen LogP contribution in [0.3, 0.4) is 0 Å². The van der Waals surface area contributed by atoms with Gasteiger partial charge < -0.3 is 21.1 Å². The summed E-state index contributed by atoms with van der Waals surface area (Å²) >= 11 is 0. The van der Waals surface area contributed by atoms with Crippen molar-refractivity contribution in [2.24, 2.45) is 11.1 Å². The van der Waals surface area contributed by atoms with Crippen LogP contribution in [0.2, 0.25) is 0 Å². The Morgan fingerprint density at radius 2 is 1.82 bits per heavy atom. The summed E-state index contributed by atoms with van der Waals surface area (Å²) in [5.74, 6) is -0.262. The zero-order valence-corrected chi connectivity index (χ0v) is 22.2. The number of nitrogens with one attached hydrogen (secondary N) is 2. The average Bonchev–Trinajstić information content (AvgIpc) is 3.06. The molecule has 3 aromatic carbocycles. The maximum atomic E-state index is 14.0. The van der Waals surface area contributed by atoms with Crippen LogP contribution in [-0.2, 0) is 4.79 Å². The smallest absolute Gasteiger partial charge is 0.259 e. The lowest BCUT2D eigenvalue weighted by molar-refractivity contribution is -0.116. The second kappa shape index (κ2) is 11.1. The highest BCUT2D eigenvalue weighted by atomic mass is 16.5. The van der Waals surface area contributed by atoms with Crippen LogP contribution >= 0.6 is 0 Å². The number of amides is 3. The summed E-state index contributed by atoms with van der Waals surface area (Å²) in [6.07, 6.45) is 0.0552. The van der Waals surface area contributed by atoms with Crippen LogP contribution in [0, 0.1) is 12.3 Å². The number of nitrogens with two attached hydrogens (primary N) is 1. The molecular formula is C30H34N4O4. The fourth-order valence-corrected chi connectivity index (χ4v) is 4.32. The van der Waals surface area contributed by atoms with Gasteiger partial charge in [-0.3, -0.25) is 19.3 Å². The van der Waals surface area contributed by atoms with Crippen molar-refractivity contribution in [1.82, 2.24) is 5.32 Å². The molecule has 1 atom stereocenters. The molecule has 1 heterocycles. The van der Waals surface area contributed by atoms with Crippen LogP contribution in [0.25, 0.3) is 0 Å². The van der Waals surface area contributed by atoms with E-state index in [1.54, 1.807) is 54.5 Å². The Morgan fingerprint density at radius 3 is 2.50 bits per heavy atom. The summed E-state index contributed by atoms with van der Waals surface area (Å²) < 4.78 is 5.34. The van der Waals surface area contributed by atoms with E-state index in [-0.39, 0.29) is 29.6 Å². The van der Waals surface area contributed by atoms with Gasteiger partial charge in [-0.15, -0.1) is 0 Å². The first kappa shape index (κ1) is 26.9. The van der Waals surface area contributed by atoms with E-state index in [9.17, 15) is 14.4 Å². The molecule has 0 fully saturated rings. The van der Waals surface area contributed by atoms with Crippen LogP contribution in [0.1, 0.15) is 58.2 Å². The number of fused-ring (bicyclic) bond motifs is 1. The summed E-state index contributed by atoms with van der Waals surface area (Å²) in [6.45, 7) is 6.76. The highest BCUT2D eigenvalue weighted by molar-refractivity contribution is 6.12. The van der Waals surface area contributed by atoms with E-state index in [4.69, 9.17) is 10.5 Å². The number of ether oxygens (including phenoxy) is 1. The van der Waals surface area contributed by atoms with E-state index in [1.165, 1.54) is 0 Å². The lowest BCUT2D eigenvalue weighted by Gasteiger charge is -2.31. The van der Waals surface area contributed by atoms with Gasteiger partial charge in [0.1, 0.15) is 5.75 Å². The second-order valence-corrected chi connectivity index (χ2v) is 10.4. The van der Waals surface area contributed by atoms with Gasteiger partial charge in [0.25, 0.3) is 11.8 Å². The molecule has 0 saturated carbocycles. The second-order valence-electron chi connectivity index (χ2n) is 10.4. The van der Waals surface area contributed by atoms with Gasteiger partial charge in [0.05, 0.1) is 30.9 Å². The van der Waals surface area contributed by atoms with E-state index < -0.39 is 6.04 Å². The number of methoxy groups -OCH3 is 1. The standard InChI is InChI=1S/C30H34N4O4/c1-19-8-10-20(11-9-19)26-16-27(35)33-24-15-21(28(36)32-18-30(2,3)17-31)12-13-25(24)34(26)29(37)22-6-5-7-23(14-22)38-4/h5-15,26H,16-18,31H2,1-4H3,(H,32,36)(H,33,35). The summed E-state index contributed by atoms with van der Waals surface area (Å²) in [5, 5.41) is 5.82. The largest absolute Gasteiger partial charge is 0.497 e. The van der Waals surface area contributed by atoms with E-state index in [0.29, 0.717) is 41.3 Å². The predicted octanol–water partition coefficient (Wildman–Crippen LogP) is 4.45. The monoisotopic (exact) mass is 514 g/mol. The van der Waals surface area contributed by atoms with Crippen molar-refractivity contribution in [2.75, 3.05) is 30.4 Å². The Hall–Kier alpha value is -4.17. The number of hydrogen-bond acceptors (Lipinski definition) is 5. The Labute approximate surface area is 223 Å². The Balaban J connectivity index is 1.78. The minimum Gasteiger partial charge on any atom is -0.497 e. The number of nitrogens with zero attached hydrogens (tertiary/aromatic N) is 1. The van der Waals surface area contributed by atoms with Crippen molar-refractivity contribution in [1.29, 1.82) is 0 Å². The molecule has 8 heteroatoms. The minimum atomic E-state index is -0.555. The normalized spacial score (nSPS) is 15.2. The van der Waals surface area contributed by atoms with Crippen LogP contribution < -0.4 is 26.0 Å². The first-order valence-electron chi connectivity index (χ1n) is 12.6. The van der Waals surface area contributed by atoms with Crippen molar-refractivity contribution < 1.29 is 19.1 Å². The van der Waals surface area contributed by atoms with Gasteiger partial charge >= 0.3 is 0 Å². The number of rotatable bonds is 7. The van der Waals surface area contributed by atoms with Crippen molar-refractivity contribution in [2.45, 2.75) is 33.2 Å². The molecule has 38 heavy (non-hydrogen) atoms. The number of carbonyl (C=O) groups is 3. The molecule has 8 nitrogen and oxygen atoms in total. The third-order valence-corrected chi connectivity index (χ3v) is 6.76.